The summed E-state index contributed by atoms with van der Waals surface area (Å²) in [5.41, 5.74) is 1.12. The number of hydrogen-bond acceptors (Lipinski definition) is 4. The van der Waals surface area contributed by atoms with Crippen molar-refractivity contribution in [3.05, 3.63) is 35.9 Å². The maximum absolute atomic E-state index is 12.9. The number of nitrogens with zero attached hydrogens (tertiary/aromatic N) is 3. The van der Waals surface area contributed by atoms with E-state index >= 15 is 0 Å². The van der Waals surface area contributed by atoms with Crippen molar-refractivity contribution in [2.45, 2.75) is 32.4 Å². The molecule has 148 valence electrons. The van der Waals surface area contributed by atoms with Gasteiger partial charge in [-0.15, -0.1) is 0 Å². The van der Waals surface area contributed by atoms with Gasteiger partial charge in [0.25, 0.3) is 0 Å². The van der Waals surface area contributed by atoms with E-state index in [-0.39, 0.29) is 23.8 Å². The van der Waals surface area contributed by atoms with Gasteiger partial charge in [-0.2, -0.15) is 0 Å². The number of likely N-dealkylation sites (N-methyl/N-ethyl adjacent to an activating group) is 1. The van der Waals surface area contributed by atoms with E-state index in [0.29, 0.717) is 39.4 Å². The van der Waals surface area contributed by atoms with Crippen molar-refractivity contribution in [3.63, 3.8) is 0 Å². The molecule has 0 radical (unpaired) electrons. The van der Waals surface area contributed by atoms with Gasteiger partial charge in [0.2, 0.25) is 11.8 Å². The maximum atomic E-state index is 12.9. The van der Waals surface area contributed by atoms with E-state index in [0.717, 1.165) is 24.9 Å². The molecule has 2 aliphatic heterocycles. The van der Waals surface area contributed by atoms with Gasteiger partial charge in [-0.25, -0.2) is 0 Å². The zero-order valence-electron chi connectivity index (χ0n) is 16.5. The molecule has 1 aromatic rings. The molecule has 0 aliphatic carbocycles. The minimum Gasteiger partial charge on any atom is -0.378 e. The molecule has 1 aromatic carbocycles. The molecule has 2 heterocycles. The molecule has 0 aromatic heterocycles. The quantitative estimate of drug-likeness (QED) is 0.787. The number of likely N-dealkylation sites (tertiary alicyclic amines) is 1. The van der Waals surface area contributed by atoms with Crippen molar-refractivity contribution in [1.29, 1.82) is 0 Å². The smallest absolute Gasteiger partial charge is 0.239 e. The van der Waals surface area contributed by atoms with E-state index < -0.39 is 0 Å². The molecule has 2 saturated heterocycles. The van der Waals surface area contributed by atoms with Crippen LogP contribution >= 0.6 is 0 Å². The van der Waals surface area contributed by atoms with Crippen LogP contribution in [-0.4, -0.2) is 79.0 Å². The number of ether oxygens (including phenoxy) is 1. The largest absolute Gasteiger partial charge is 0.378 e. The molecule has 2 unspecified atom stereocenters. The molecule has 0 bridgehead atoms. The summed E-state index contributed by atoms with van der Waals surface area (Å²) in [6, 6.07) is 9.82. The summed E-state index contributed by atoms with van der Waals surface area (Å²) in [5, 5.41) is 0. The lowest BCUT2D eigenvalue weighted by Crippen LogP contribution is -2.53. The fraction of sp³-hybridized carbons (Fsp3) is 0.619. The zero-order chi connectivity index (χ0) is 19.2. The minimum atomic E-state index is -0.209. The summed E-state index contributed by atoms with van der Waals surface area (Å²) in [6.07, 6.45) is 1.87. The van der Waals surface area contributed by atoms with E-state index in [4.69, 9.17) is 4.74 Å². The van der Waals surface area contributed by atoms with Gasteiger partial charge < -0.3 is 14.5 Å². The van der Waals surface area contributed by atoms with Crippen LogP contribution < -0.4 is 0 Å². The Hall–Kier alpha value is -1.92. The molecule has 3 rings (SSSR count). The lowest BCUT2D eigenvalue weighted by atomic mass is 9.95. The molecule has 0 spiro atoms. The number of carbonyl (C=O) groups is 2. The lowest BCUT2D eigenvalue weighted by Gasteiger charge is -2.39. The van der Waals surface area contributed by atoms with Gasteiger partial charge in [0.1, 0.15) is 0 Å². The highest BCUT2D eigenvalue weighted by molar-refractivity contribution is 5.82. The van der Waals surface area contributed by atoms with E-state index in [1.165, 1.54) is 0 Å². The minimum absolute atomic E-state index is 0.00784. The molecule has 2 atom stereocenters. The first kappa shape index (κ1) is 19.8. The molecule has 0 N–H and O–H groups in total. The SMILES string of the molecule is CC(C(=O)N(C)Cc1ccccc1)N1CCCC(C(=O)N2CCOCC2)C1. The Morgan fingerprint density at radius 2 is 1.89 bits per heavy atom. The molecule has 6 nitrogen and oxygen atoms in total. The number of benzene rings is 1. The molecule has 6 heteroatoms. The van der Waals surface area contributed by atoms with Crippen molar-refractivity contribution in [2.75, 3.05) is 46.4 Å². The van der Waals surface area contributed by atoms with Gasteiger partial charge in [0.05, 0.1) is 25.2 Å². The Balaban J connectivity index is 1.56. The molecule has 2 aliphatic rings. The fourth-order valence-electron chi connectivity index (χ4n) is 4.01. The first-order valence-electron chi connectivity index (χ1n) is 9.95. The highest BCUT2D eigenvalue weighted by atomic mass is 16.5. The van der Waals surface area contributed by atoms with Crippen molar-refractivity contribution in [3.8, 4) is 0 Å². The van der Waals surface area contributed by atoms with E-state index in [2.05, 4.69) is 4.90 Å². The predicted octanol–water partition coefficient (Wildman–Crippen LogP) is 1.60. The summed E-state index contributed by atoms with van der Waals surface area (Å²) < 4.78 is 5.35. The van der Waals surface area contributed by atoms with Crippen LogP contribution in [0.5, 0.6) is 0 Å². The average Bonchev–Trinajstić information content (AvgIpc) is 2.73. The standard InChI is InChI=1S/C21H31N3O3/c1-17(20(25)22(2)15-18-7-4-3-5-8-18)24-10-6-9-19(16-24)21(26)23-11-13-27-14-12-23/h3-5,7-8,17,19H,6,9-16H2,1-2H3. The summed E-state index contributed by atoms with van der Waals surface area (Å²) in [4.78, 5) is 31.6. The zero-order valence-corrected chi connectivity index (χ0v) is 16.5. The highest BCUT2D eigenvalue weighted by Gasteiger charge is 2.34. The van der Waals surface area contributed by atoms with E-state index in [1.807, 2.05) is 49.2 Å². The van der Waals surface area contributed by atoms with Crippen LogP contribution in [-0.2, 0) is 20.9 Å². The van der Waals surface area contributed by atoms with Crippen molar-refractivity contribution < 1.29 is 14.3 Å². The summed E-state index contributed by atoms with van der Waals surface area (Å²) in [5.74, 6) is 0.324. The van der Waals surface area contributed by atoms with Gasteiger partial charge in [0, 0.05) is 33.2 Å². The lowest BCUT2D eigenvalue weighted by molar-refractivity contribution is -0.144. The monoisotopic (exact) mass is 373 g/mol. The second-order valence-electron chi connectivity index (χ2n) is 7.63. The molecule has 27 heavy (non-hydrogen) atoms. The fourth-order valence-corrected chi connectivity index (χ4v) is 4.01. The third-order valence-electron chi connectivity index (χ3n) is 5.67. The Kier molecular flexibility index (Phi) is 6.85. The van der Waals surface area contributed by atoms with Crippen molar-refractivity contribution in [1.82, 2.24) is 14.7 Å². The van der Waals surface area contributed by atoms with Crippen molar-refractivity contribution >= 4 is 11.8 Å². The number of morpholine rings is 1. The molecular weight excluding hydrogens is 342 g/mol. The predicted molar refractivity (Wildman–Crippen MR) is 104 cm³/mol. The van der Waals surface area contributed by atoms with Crippen LogP contribution in [0.1, 0.15) is 25.3 Å². The Morgan fingerprint density at radius 3 is 2.59 bits per heavy atom. The van der Waals surface area contributed by atoms with E-state index in [1.54, 1.807) is 4.90 Å². The van der Waals surface area contributed by atoms with Crippen LogP contribution in [0.4, 0.5) is 0 Å². The highest BCUT2D eigenvalue weighted by Crippen LogP contribution is 2.22. The third-order valence-corrected chi connectivity index (χ3v) is 5.67. The second-order valence-corrected chi connectivity index (χ2v) is 7.63. The van der Waals surface area contributed by atoms with Gasteiger partial charge in [0.15, 0.2) is 0 Å². The number of rotatable bonds is 5. The van der Waals surface area contributed by atoms with Gasteiger partial charge in [-0.05, 0) is 31.9 Å². The summed E-state index contributed by atoms with van der Waals surface area (Å²) in [7, 11) is 1.85. The Labute approximate surface area is 162 Å². The number of carbonyl (C=O) groups excluding carboxylic acids is 2. The molecular formula is C21H31N3O3. The van der Waals surface area contributed by atoms with Crippen LogP contribution in [0.3, 0.4) is 0 Å². The van der Waals surface area contributed by atoms with Crippen LogP contribution in [0, 0.1) is 5.92 Å². The van der Waals surface area contributed by atoms with Crippen LogP contribution in [0.2, 0.25) is 0 Å². The van der Waals surface area contributed by atoms with Gasteiger partial charge in [-0.3, -0.25) is 14.5 Å². The third kappa shape index (κ3) is 5.08. The maximum Gasteiger partial charge on any atom is 0.239 e. The number of piperidine rings is 1. The van der Waals surface area contributed by atoms with Crippen molar-refractivity contribution in [2.24, 2.45) is 5.92 Å². The van der Waals surface area contributed by atoms with Gasteiger partial charge >= 0.3 is 0 Å². The average molecular weight is 373 g/mol. The number of amides is 2. The molecule has 2 amide bonds. The number of hydrogen-bond donors (Lipinski definition) is 0. The van der Waals surface area contributed by atoms with Gasteiger partial charge in [-0.1, -0.05) is 30.3 Å². The molecule has 0 saturated carbocycles. The molecule has 2 fully saturated rings. The topological polar surface area (TPSA) is 53.1 Å². The first-order valence-corrected chi connectivity index (χ1v) is 9.95. The van der Waals surface area contributed by atoms with Crippen LogP contribution in [0.25, 0.3) is 0 Å². The normalized spacial score (nSPS) is 22.3. The second kappa shape index (κ2) is 9.33. The first-order chi connectivity index (χ1) is 13.1. The Morgan fingerprint density at radius 1 is 1.19 bits per heavy atom. The summed E-state index contributed by atoms with van der Waals surface area (Å²) >= 11 is 0. The van der Waals surface area contributed by atoms with Crippen LogP contribution in [0.15, 0.2) is 30.3 Å². The van der Waals surface area contributed by atoms with E-state index in [9.17, 15) is 9.59 Å². The summed E-state index contributed by atoms with van der Waals surface area (Å²) in [6.45, 7) is 6.73. The Bertz CT molecular complexity index is 631.